The van der Waals surface area contributed by atoms with Crippen LogP contribution < -0.4 is 15.8 Å². The molecule has 3 heterocycles. The number of aromatic nitrogens is 1. The third-order valence-electron chi connectivity index (χ3n) is 4.99. The fraction of sp³-hybridized carbons (Fsp3) is 0.200. The van der Waals surface area contributed by atoms with Crippen molar-refractivity contribution in [1.29, 1.82) is 5.26 Å². The number of fused-ring (bicyclic) bond motifs is 1. The lowest BCUT2D eigenvalue weighted by Crippen LogP contribution is -2.71. The van der Waals surface area contributed by atoms with E-state index in [1.54, 1.807) is 18.2 Å². The van der Waals surface area contributed by atoms with E-state index in [4.69, 9.17) is 15.7 Å². The van der Waals surface area contributed by atoms with Crippen LogP contribution >= 0.6 is 23.1 Å². The van der Waals surface area contributed by atoms with E-state index in [2.05, 4.69) is 15.5 Å². The van der Waals surface area contributed by atoms with Crippen molar-refractivity contribution < 1.29 is 29.4 Å². The number of hydrogen-bond acceptors (Lipinski definition) is 11. The highest BCUT2D eigenvalue weighted by Crippen LogP contribution is 2.40. The van der Waals surface area contributed by atoms with Crippen LogP contribution in [0.2, 0.25) is 0 Å². The number of nitrogens with zero attached hydrogens (tertiary/aromatic N) is 4. The Morgan fingerprint density at radius 2 is 2.24 bits per heavy atom. The summed E-state index contributed by atoms with van der Waals surface area (Å²) in [6, 6.07) is 7.39. The molecule has 34 heavy (non-hydrogen) atoms. The third-order valence-corrected chi connectivity index (χ3v) is 7.01. The number of thioether (sulfide) groups is 1. The topological polar surface area (TPSA) is 191 Å². The van der Waals surface area contributed by atoms with E-state index in [9.17, 15) is 24.7 Å². The minimum atomic E-state index is -1.30. The summed E-state index contributed by atoms with van der Waals surface area (Å²) in [6.07, 6.45) is 0. The van der Waals surface area contributed by atoms with Gasteiger partial charge in [0, 0.05) is 16.7 Å². The minimum absolute atomic E-state index is 0.0495. The first-order valence-electron chi connectivity index (χ1n) is 9.61. The van der Waals surface area contributed by atoms with E-state index in [1.807, 2.05) is 6.07 Å². The van der Waals surface area contributed by atoms with E-state index in [-0.39, 0.29) is 28.9 Å². The molecule has 0 spiro atoms. The summed E-state index contributed by atoms with van der Waals surface area (Å²) in [4.78, 5) is 42.3. The molecule has 2 amide bonds. The Kier molecular flexibility index (Phi) is 6.39. The second-order valence-electron chi connectivity index (χ2n) is 7.07. The van der Waals surface area contributed by atoms with Crippen LogP contribution in [0.5, 0.6) is 5.75 Å². The summed E-state index contributed by atoms with van der Waals surface area (Å²) >= 11 is 2.31. The summed E-state index contributed by atoms with van der Waals surface area (Å²) in [7, 11) is 0. The summed E-state index contributed by atoms with van der Waals surface area (Å²) < 4.78 is 5.65. The van der Waals surface area contributed by atoms with Crippen molar-refractivity contribution in [3.05, 3.63) is 52.2 Å². The molecule has 2 atom stereocenters. The highest BCUT2D eigenvalue weighted by Gasteiger charge is 2.54. The zero-order valence-corrected chi connectivity index (χ0v) is 18.8. The highest BCUT2D eigenvalue weighted by atomic mass is 32.2. The number of hydrogen-bond donors (Lipinski definition) is 4. The summed E-state index contributed by atoms with van der Waals surface area (Å²) in [5.74, 6) is -2.14. The number of nitrogens with two attached hydrogens (primary N) is 1. The molecule has 0 bridgehead atoms. The maximum Gasteiger partial charge on any atom is 0.352 e. The molecule has 14 heteroatoms. The van der Waals surface area contributed by atoms with Gasteiger partial charge in [-0.15, -0.1) is 23.1 Å². The van der Waals surface area contributed by atoms with Gasteiger partial charge in [-0.2, -0.15) is 5.26 Å². The average Bonchev–Trinajstić information content (AvgIpc) is 3.26. The normalized spacial score (nSPS) is 19.7. The summed E-state index contributed by atoms with van der Waals surface area (Å²) in [5.41, 5.74) is 5.74. The van der Waals surface area contributed by atoms with Crippen LogP contribution in [-0.2, 0) is 14.4 Å². The molecule has 0 radical (unpaired) electrons. The Morgan fingerprint density at radius 3 is 2.88 bits per heavy atom. The van der Waals surface area contributed by atoms with Gasteiger partial charge in [-0.3, -0.25) is 14.5 Å². The molecular weight excluding hydrogens is 484 g/mol. The number of oxime groups is 1. The predicted molar refractivity (Wildman–Crippen MR) is 121 cm³/mol. The van der Waals surface area contributed by atoms with Gasteiger partial charge in [-0.25, -0.2) is 9.78 Å². The zero-order valence-electron chi connectivity index (χ0n) is 17.2. The van der Waals surface area contributed by atoms with Crippen molar-refractivity contribution >= 4 is 51.7 Å². The number of ether oxygens (including phenoxy) is 1. The molecule has 1 saturated heterocycles. The third kappa shape index (κ3) is 4.26. The number of benzene rings is 1. The van der Waals surface area contributed by atoms with Crippen LogP contribution in [0.15, 0.2) is 46.1 Å². The Morgan fingerprint density at radius 1 is 1.44 bits per heavy atom. The second kappa shape index (κ2) is 9.41. The Bertz CT molecular complexity index is 1280. The molecule has 174 valence electrons. The van der Waals surface area contributed by atoms with Crippen molar-refractivity contribution in [3.8, 4) is 11.8 Å². The highest BCUT2D eigenvalue weighted by molar-refractivity contribution is 8.00. The van der Waals surface area contributed by atoms with Gasteiger partial charge in [-0.1, -0.05) is 11.2 Å². The first-order valence-corrected chi connectivity index (χ1v) is 11.5. The van der Waals surface area contributed by atoms with Crippen LogP contribution in [0.3, 0.4) is 0 Å². The zero-order chi connectivity index (χ0) is 24.4. The smallest absolute Gasteiger partial charge is 0.352 e. The van der Waals surface area contributed by atoms with Gasteiger partial charge in [0.15, 0.2) is 10.8 Å². The van der Waals surface area contributed by atoms with Crippen molar-refractivity contribution in [2.24, 2.45) is 5.16 Å². The molecule has 1 unspecified atom stereocenters. The minimum Gasteiger partial charge on any atom is -0.489 e. The number of rotatable bonds is 7. The lowest BCUT2D eigenvalue weighted by atomic mass is 10.0. The first-order chi connectivity index (χ1) is 16.3. The molecule has 2 aromatic rings. The van der Waals surface area contributed by atoms with E-state index >= 15 is 0 Å². The van der Waals surface area contributed by atoms with Gasteiger partial charge in [0.25, 0.3) is 11.8 Å². The van der Waals surface area contributed by atoms with Crippen LogP contribution in [0.1, 0.15) is 11.3 Å². The number of nitriles is 1. The molecule has 2 aliphatic heterocycles. The monoisotopic (exact) mass is 500 g/mol. The fourth-order valence-electron chi connectivity index (χ4n) is 3.44. The van der Waals surface area contributed by atoms with E-state index in [0.29, 0.717) is 16.9 Å². The maximum atomic E-state index is 12.8. The molecule has 1 aromatic carbocycles. The number of nitrogens with one attached hydrogen (secondary N) is 1. The number of anilines is 1. The molecule has 1 fully saturated rings. The molecular formula is C20H16N6O6S2. The van der Waals surface area contributed by atoms with Crippen LogP contribution in [0, 0.1) is 11.3 Å². The number of β-lactam (4-membered cyclic amide) rings is 1. The van der Waals surface area contributed by atoms with Gasteiger partial charge in [0.05, 0.1) is 11.6 Å². The number of carboxylic acids is 1. The predicted octanol–water partition coefficient (Wildman–Crippen LogP) is 0.593. The molecule has 2 aliphatic rings. The van der Waals surface area contributed by atoms with Gasteiger partial charge in [0.1, 0.15) is 35.2 Å². The molecule has 0 aliphatic carbocycles. The lowest BCUT2D eigenvalue weighted by molar-refractivity contribution is -0.150. The van der Waals surface area contributed by atoms with Crippen LogP contribution in [0.4, 0.5) is 5.13 Å². The van der Waals surface area contributed by atoms with E-state index < -0.39 is 34.9 Å². The standard InChI is InChI=1S/C20H16N6O6S2/c21-5-9-2-1-3-11(4-9)32-6-10-7-33-18-14(17(28)26(18)15(10)19(29)30)24-16(27)13(25-31)12-8-34-20(22)23-12/h1-4,8,14,18,31H,6-7H2,(H2,22,23)(H,24,27)(H,29,30)/b25-13-/t14?,18-/m1/s1. The average molecular weight is 501 g/mol. The number of aliphatic carboxylic acids is 1. The first kappa shape index (κ1) is 23.1. The largest absolute Gasteiger partial charge is 0.489 e. The Balaban J connectivity index is 1.48. The lowest BCUT2D eigenvalue weighted by Gasteiger charge is -2.49. The van der Waals surface area contributed by atoms with Crippen molar-refractivity contribution in [2.45, 2.75) is 11.4 Å². The number of amides is 2. The number of carboxylic acid groups (broad SMARTS) is 1. The molecule has 1 aromatic heterocycles. The van der Waals surface area contributed by atoms with Crippen molar-refractivity contribution in [2.75, 3.05) is 18.1 Å². The van der Waals surface area contributed by atoms with Crippen molar-refractivity contribution in [3.63, 3.8) is 0 Å². The van der Waals surface area contributed by atoms with Gasteiger partial charge in [0.2, 0.25) is 0 Å². The second-order valence-corrected chi connectivity index (χ2v) is 9.06. The SMILES string of the molecule is N#Cc1cccc(OCC2=C(C(=O)O)N3C(=O)C(NC(=O)/C(=N\O)c4csc(N)n4)[C@H]3SC2)c1. The molecule has 4 rings (SSSR count). The van der Waals surface area contributed by atoms with E-state index in [0.717, 1.165) is 16.2 Å². The summed E-state index contributed by atoms with van der Waals surface area (Å²) in [5, 5.41) is 34.4. The number of carbonyl (C=O) groups excluding carboxylic acids is 2. The van der Waals surface area contributed by atoms with Gasteiger partial charge in [-0.05, 0) is 18.2 Å². The molecule has 5 N–H and O–H groups in total. The van der Waals surface area contributed by atoms with E-state index in [1.165, 1.54) is 23.2 Å². The Hall–Kier alpha value is -4.09. The maximum absolute atomic E-state index is 12.8. The fourth-order valence-corrected chi connectivity index (χ4v) is 5.31. The van der Waals surface area contributed by atoms with Crippen LogP contribution in [-0.4, -0.2) is 67.5 Å². The van der Waals surface area contributed by atoms with Crippen molar-refractivity contribution in [1.82, 2.24) is 15.2 Å². The number of carbonyl (C=O) groups is 3. The van der Waals surface area contributed by atoms with Gasteiger partial charge >= 0.3 is 5.97 Å². The summed E-state index contributed by atoms with van der Waals surface area (Å²) in [6.45, 7) is -0.0936. The molecule has 0 saturated carbocycles. The quantitative estimate of drug-likeness (QED) is 0.181. The number of nitrogen functional groups attached to an aromatic ring is 1. The number of thiazole rings is 1. The van der Waals surface area contributed by atoms with Crippen LogP contribution in [0.25, 0.3) is 0 Å². The van der Waals surface area contributed by atoms with Gasteiger partial charge < -0.3 is 26.1 Å². The Labute approximate surface area is 200 Å². The molecule has 12 nitrogen and oxygen atoms in total.